The van der Waals surface area contributed by atoms with E-state index in [1.54, 1.807) is 21.9 Å². The van der Waals surface area contributed by atoms with Gasteiger partial charge in [0.25, 0.3) is 5.56 Å². The van der Waals surface area contributed by atoms with Crippen molar-refractivity contribution in [2.45, 2.75) is 19.9 Å². The van der Waals surface area contributed by atoms with Gasteiger partial charge in [-0.05, 0) is 18.2 Å². The first-order valence-electron chi connectivity index (χ1n) is 8.13. The van der Waals surface area contributed by atoms with Gasteiger partial charge in [0.15, 0.2) is 0 Å². The number of rotatable bonds is 3. The molecule has 2 heterocycles. The minimum Gasteiger partial charge on any atom is -0.339 e. The van der Waals surface area contributed by atoms with E-state index in [1.165, 1.54) is 17.8 Å². The molecule has 0 saturated carbocycles. The largest absolute Gasteiger partial charge is 0.339 e. The van der Waals surface area contributed by atoms with Crippen molar-refractivity contribution in [2.24, 2.45) is 0 Å². The summed E-state index contributed by atoms with van der Waals surface area (Å²) in [5.74, 6) is 0.0245. The van der Waals surface area contributed by atoms with E-state index < -0.39 is 0 Å². The minimum atomic E-state index is -0.152. The number of nitrogens with zero attached hydrogens (tertiary/aromatic N) is 4. The second-order valence-corrected chi connectivity index (χ2v) is 6.96. The average molecular weight is 407 g/mol. The molecule has 0 aliphatic carbocycles. The summed E-state index contributed by atoms with van der Waals surface area (Å²) in [4.78, 5) is 44.0. The Balaban J connectivity index is 1.65. The summed E-state index contributed by atoms with van der Waals surface area (Å²) in [6, 6.07) is 5.36. The summed E-state index contributed by atoms with van der Waals surface area (Å²) >= 11 is 3.36. The summed E-state index contributed by atoms with van der Waals surface area (Å²) in [6.45, 7) is 4.03. The van der Waals surface area contributed by atoms with E-state index in [9.17, 15) is 14.4 Å². The number of aryl methyl sites for hydroxylation is 1. The monoisotopic (exact) mass is 406 g/mol. The number of halogens is 1. The number of amides is 2. The third kappa shape index (κ3) is 3.89. The average Bonchev–Trinajstić information content (AvgIpc) is 2.61. The highest BCUT2D eigenvalue weighted by Crippen LogP contribution is 2.15. The summed E-state index contributed by atoms with van der Waals surface area (Å²) in [5, 5.41) is 0.527. The molecular weight excluding hydrogens is 388 g/mol. The van der Waals surface area contributed by atoms with Crippen molar-refractivity contribution >= 4 is 38.6 Å². The van der Waals surface area contributed by atoms with Crippen LogP contribution in [0.4, 0.5) is 0 Å². The Morgan fingerprint density at radius 1 is 1.16 bits per heavy atom. The molecule has 0 spiro atoms. The van der Waals surface area contributed by atoms with Crippen LogP contribution >= 0.6 is 15.9 Å². The Bertz CT molecular complexity index is 872. The molecule has 0 N–H and O–H groups in total. The molecule has 0 unspecified atom stereocenters. The predicted molar refractivity (Wildman–Crippen MR) is 97.2 cm³/mol. The molecular formula is C17H19BrN4O3. The van der Waals surface area contributed by atoms with Crippen molar-refractivity contribution in [1.82, 2.24) is 19.4 Å². The first kappa shape index (κ1) is 17.6. The summed E-state index contributed by atoms with van der Waals surface area (Å²) in [7, 11) is 0. The molecule has 0 bridgehead atoms. The molecule has 1 aromatic heterocycles. The molecule has 7 nitrogen and oxygen atoms in total. The Labute approximate surface area is 153 Å². The van der Waals surface area contributed by atoms with Gasteiger partial charge < -0.3 is 9.80 Å². The van der Waals surface area contributed by atoms with Gasteiger partial charge in [0.05, 0.1) is 17.2 Å². The number of aromatic nitrogens is 2. The maximum Gasteiger partial charge on any atom is 0.261 e. The molecule has 132 valence electrons. The second kappa shape index (κ2) is 7.35. The van der Waals surface area contributed by atoms with Crippen LogP contribution in [0.1, 0.15) is 13.3 Å². The maximum atomic E-state index is 12.5. The third-order valence-corrected chi connectivity index (χ3v) is 4.92. The molecule has 2 aromatic rings. The van der Waals surface area contributed by atoms with Crippen LogP contribution < -0.4 is 5.56 Å². The van der Waals surface area contributed by atoms with Gasteiger partial charge in [-0.3, -0.25) is 19.0 Å². The lowest BCUT2D eigenvalue weighted by Crippen LogP contribution is -2.50. The number of carbonyl (C=O) groups excluding carboxylic acids is 2. The zero-order valence-corrected chi connectivity index (χ0v) is 15.5. The Morgan fingerprint density at radius 2 is 1.84 bits per heavy atom. The van der Waals surface area contributed by atoms with Gasteiger partial charge in [-0.1, -0.05) is 15.9 Å². The highest BCUT2D eigenvalue weighted by Gasteiger charge is 2.22. The molecule has 8 heteroatoms. The van der Waals surface area contributed by atoms with Gasteiger partial charge in [0.1, 0.15) is 0 Å². The lowest BCUT2D eigenvalue weighted by atomic mass is 10.2. The number of piperazine rings is 1. The third-order valence-electron chi connectivity index (χ3n) is 4.43. The zero-order chi connectivity index (χ0) is 18.0. The second-order valence-electron chi connectivity index (χ2n) is 6.04. The lowest BCUT2D eigenvalue weighted by Gasteiger charge is -2.34. The molecule has 0 radical (unpaired) electrons. The van der Waals surface area contributed by atoms with Crippen molar-refractivity contribution in [1.29, 1.82) is 0 Å². The fourth-order valence-corrected chi connectivity index (χ4v) is 3.30. The van der Waals surface area contributed by atoms with Crippen LogP contribution in [-0.2, 0) is 16.1 Å². The van der Waals surface area contributed by atoms with E-state index in [0.29, 0.717) is 43.6 Å². The zero-order valence-electron chi connectivity index (χ0n) is 13.9. The van der Waals surface area contributed by atoms with Crippen molar-refractivity contribution in [2.75, 3.05) is 26.2 Å². The molecule has 0 atom stereocenters. The van der Waals surface area contributed by atoms with E-state index in [1.807, 2.05) is 6.07 Å². The Morgan fingerprint density at radius 3 is 2.52 bits per heavy atom. The van der Waals surface area contributed by atoms with E-state index in [0.717, 1.165) is 4.47 Å². The van der Waals surface area contributed by atoms with E-state index in [2.05, 4.69) is 20.9 Å². The van der Waals surface area contributed by atoms with Crippen LogP contribution in [0.5, 0.6) is 0 Å². The molecule has 1 aromatic carbocycles. The van der Waals surface area contributed by atoms with Gasteiger partial charge >= 0.3 is 0 Å². The topological polar surface area (TPSA) is 75.5 Å². The quantitative estimate of drug-likeness (QED) is 0.768. The smallest absolute Gasteiger partial charge is 0.261 e. The van der Waals surface area contributed by atoms with Crippen molar-refractivity contribution in [3.8, 4) is 0 Å². The predicted octanol–water partition coefficient (Wildman–Crippen LogP) is 1.24. The van der Waals surface area contributed by atoms with Gasteiger partial charge in [-0.25, -0.2) is 4.98 Å². The van der Waals surface area contributed by atoms with Crippen molar-refractivity contribution in [3.05, 3.63) is 39.4 Å². The van der Waals surface area contributed by atoms with Gasteiger partial charge in [0, 0.05) is 50.5 Å². The normalized spacial score (nSPS) is 14.8. The fourth-order valence-electron chi connectivity index (χ4n) is 2.94. The number of benzene rings is 1. The summed E-state index contributed by atoms with van der Waals surface area (Å²) in [6.07, 6.45) is 1.72. The molecule has 1 saturated heterocycles. The van der Waals surface area contributed by atoms with Gasteiger partial charge in [0.2, 0.25) is 11.8 Å². The Kier molecular flexibility index (Phi) is 5.17. The SMILES string of the molecule is CC(=O)N1CCN(C(=O)CCn2cnc3ccc(Br)cc3c2=O)CC1. The molecule has 25 heavy (non-hydrogen) atoms. The van der Waals surface area contributed by atoms with Gasteiger partial charge in [-0.15, -0.1) is 0 Å². The van der Waals surface area contributed by atoms with Crippen LogP contribution in [0.25, 0.3) is 10.9 Å². The summed E-state index contributed by atoms with van der Waals surface area (Å²) < 4.78 is 2.29. The van der Waals surface area contributed by atoms with Crippen LogP contribution in [0.15, 0.2) is 33.8 Å². The van der Waals surface area contributed by atoms with Crippen LogP contribution in [0, 0.1) is 0 Å². The van der Waals surface area contributed by atoms with Crippen LogP contribution in [0.3, 0.4) is 0 Å². The first-order chi connectivity index (χ1) is 12.0. The number of hydrogen-bond donors (Lipinski definition) is 0. The van der Waals surface area contributed by atoms with Crippen molar-refractivity contribution < 1.29 is 9.59 Å². The van der Waals surface area contributed by atoms with E-state index in [4.69, 9.17) is 0 Å². The molecule has 2 amide bonds. The highest BCUT2D eigenvalue weighted by atomic mass is 79.9. The molecule has 1 fully saturated rings. The minimum absolute atomic E-state index is 0.00978. The summed E-state index contributed by atoms with van der Waals surface area (Å²) in [5.41, 5.74) is 0.483. The van der Waals surface area contributed by atoms with Crippen molar-refractivity contribution in [3.63, 3.8) is 0 Å². The molecule has 1 aliphatic heterocycles. The highest BCUT2D eigenvalue weighted by molar-refractivity contribution is 9.10. The van der Waals surface area contributed by atoms with Crippen LogP contribution in [0.2, 0.25) is 0 Å². The first-order valence-corrected chi connectivity index (χ1v) is 8.93. The van der Waals surface area contributed by atoms with E-state index in [-0.39, 0.29) is 23.8 Å². The van der Waals surface area contributed by atoms with Crippen LogP contribution in [-0.4, -0.2) is 57.3 Å². The lowest BCUT2D eigenvalue weighted by molar-refractivity contribution is -0.138. The van der Waals surface area contributed by atoms with E-state index >= 15 is 0 Å². The molecule has 3 rings (SSSR count). The maximum absolute atomic E-state index is 12.5. The van der Waals surface area contributed by atoms with Gasteiger partial charge in [-0.2, -0.15) is 0 Å². The number of hydrogen-bond acceptors (Lipinski definition) is 4. The standard InChI is InChI=1S/C17H19BrN4O3/c1-12(23)20-6-8-21(9-7-20)16(24)4-5-22-11-19-15-3-2-13(18)10-14(15)17(22)25/h2-3,10-11H,4-9H2,1H3. The number of fused-ring (bicyclic) bond motifs is 1. The molecule has 1 aliphatic rings. The Hall–Kier alpha value is -2.22. The fraction of sp³-hybridized carbons (Fsp3) is 0.412. The number of carbonyl (C=O) groups is 2.